The van der Waals surface area contributed by atoms with Crippen LogP contribution in [-0.4, -0.2) is 75.0 Å². The van der Waals surface area contributed by atoms with E-state index in [0.29, 0.717) is 35.6 Å². The lowest BCUT2D eigenvalue weighted by Crippen LogP contribution is -2.32. The average molecular weight is 693 g/mol. The lowest BCUT2D eigenvalue weighted by Gasteiger charge is -2.23. The quantitative estimate of drug-likeness (QED) is 0.184. The molecule has 2 aliphatic rings. The van der Waals surface area contributed by atoms with Gasteiger partial charge in [0.2, 0.25) is 11.8 Å². The minimum Gasteiger partial charge on any atom is -0.339 e. The van der Waals surface area contributed by atoms with Gasteiger partial charge in [-0.25, -0.2) is 9.97 Å². The van der Waals surface area contributed by atoms with Gasteiger partial charge < -0.3 is 19.8 Å². The van der Waals surface area contributed by atoms with E-state index in [1.54, 1.807) is 12.4 Å². The van der Waals surface area contributed by atoms with Crippen molar-refractivity contribution in [3.8, 4) is 34.2 Å². The van der Waals surface area contributed by atoms with Crippen molar-refractivity contribution in [2.75, 3.05) is 13.1 Å². The Labute approximate surface area is 301 Å². The van der Waals surface area contributed by atoms with Gasteiger partial charge in [0.15, 0.2) is 0 Å². The van der Waals surface area contributed by atoms with Gasteiger partial charge >= 0.3 is 0 Å². The van der Waals surface area contributed by atoms with Crippen molar-refractivity contribution in [1.29, 1.82) is 0 Å². The number of carbonyl (C=O) groups is 2. The van der Waals surface area contributed by atoms with Crippen LogP contribution in [0, 0.1) is 13.8 Å². The molecule has 52 heavy (non-hydrogen) atoms. The molecule has 2 saturated heterocycles. The summed E-state index contributed by atoms with van der Waals surface area (Å²) in [6.07, 6.45) is 7.87. The summed E-state index contributed by atoms with van der Waals surface area (Å²) in [7, 11) is 0. The Balaban J connectivity index is 0.952. The van der Waals surface area contributed by atoms with Crippen LogP contribution in [-0.2, 0) is 22.4 Å². The molecule has 6 heterocycles. The molecule has 1 unspecified atom stereocenters. The van der Waals surface area contributed by atoms with E-state index in [2.05, 4.69) is 35.3 Å². The molecule has 2 amide bonds. The number of hydrogen-bond donors (Lipinski definition) is 2. The molecular weight excluding hydrogens is 653 g/mol. The maximum Gasteiger partial charge on any atom is 0.227 e. The number of aromatic amines is 2. The summed E-state index contributed by atoms with van der Waals surface area (Å²) in [5.74, 6) is 1.73. The zero-order valence-corrected chi connectivity index (χ0v) is 29.3. The smallest absolute Gasteiger partial charge is 0.227 e. The number of nitrogens with zero attached hydrogens (tertiary/aromatic N) is 8. The minimum absolute atomic E-state index is 0.0956. The molecule has 0 saturated carbocycles. The Bertz CT molecular complexity index is 2200. The van der Waals surface area contributed by atoms with E-state index in [0.717, 1.165) is 84.1 Å². The fraction of sp³-hybridized carbons (Fsp3) is 0.300. The predicted molar refractivity (Wildman–Crippen MR) is 195 cm³/mol. The standard InChI is InChI=1S/C40H40N10O2/c1-25-26(2)38(32-24-42-40(44-32)34-16-10-20-50(34)36(52)22-28-13-7-4-8-14-28)48-47-37(25)30-18-17-29(45-46-30)31-23-41-39(43-31)33-15-9-19-49(33)35(51)21-27-11-5-3-6-12-27/h3-8,11-14,17-18,23-24,33-34H,9-10,15-16,19-22H2,1-2H3,(H,41,43)(H,42,44)/t33?,34-/m0/s1. The van der Waals surface area contributed by atoms with E-state index in [4.69, 9.17) is 4.98 Å². The summed E-state index contributed by atoms with van der Waals surface area (Å²) >= 11 is 0. The first-order valence-corrected chi connectivity index (χ1v) is 17.9. The molecule has 2 aliphatic heterocycles. The minimum atomic E-state index is -0.0995. The monoisotopic (exact) mass is 692 g/mol. The van der Waals surface area contributed by atoms with Crippen LogP contribution in [0.4, 0.5) is 0 Å². The molecule has 0 aliphatic carbocycles. The number of amides is 2. The number of rotatable bonds is 9. The van der Waals surface area contributed by atoms with Gasteiger partial charge in [0.05, 0.1) is 48.7 Å². The number of hydrogen-bond acceptors (Lipinski definition) is 8. The summed E-state index contributed by atoms with van der Waals surface area (Å²) < 4.78 is 0. The van der Waals surface area contributed by atoms with E-state index < -0.39 is 0 Å². The lowest BCUT2D eigenvalue weighted by molar-refractivity contribution is -0.132. The van der Waals surface area contributed by atoms with Gasteiger partial charge in [0.1, 0.15) is 34.4 Å². The van der Waals surface area contributed by atoms with E-state index in [9.17, 15) is 9.59 Å². The Kier molecular flexibility index (Phi) is 9.11. The molecule has 12 nitrogen and oxygen atoms in total. The lowest BCUT2D eigenvalue weighted by atomic mass is 10.0. The first-order valence-electron chi connectivity index (χ1n) is 17.9. The first-order chi connectivity index (χ1) is 25.4. The van der Waals surface area contributed by atoms with Crippen molar-refractivity contribution in [3.05, 3.63) is 119 Å². The van der Waals surface area contributed by atoms with Gasteiger partial charge in [-0.05, 0) is 73.9 Å². The van der Waals surface area contributed by atoms with Crippen molar-refractivity contribution in [2.24, 2.45) is 0 Å². The molecule has 8 rings (SSSR count). The zero-order chi connectivity index (χ0) is 35.6. The number of nitrogens with one attached hydrogen (secondary N) is 2. The van der Waals surface area contributed by atoms with Crippen LogP contribution < -0.4 is 0 Å². The molecule has 2 N–H and O–H groups in total. The second-order valence-electron chi connectivity index (χ2n) is 13.6. The molecule has 262 valence electrons. The first kappa shape index (κ1) is 33.1. The highest BCUT2D eigenvalue weighted by atomic mass is 16.2. The van der Waals surface area contributed by atoms with Crippen molar-refractivity contribution in [1.82, 2.24) is 50.1 Å². The Morgan fingerprint density at radius 2 is 1.10 bits per heavy atom. The molecular formula is C40H40N10O2. The van der Waals surface area contributed by atoms with Crippen LogP contribution in [0.3, 0.4) is 0 Å². The third kappa shape index (κ3) is 6.59. The average Bonchev–Trinajstić information content (AvgIpc) is 4.01. The molecule has 2 fully saturated rings. The second kappa shape index (κ2) is 14.3. The number of likely N-dealkylation sites (tertiary alicyclic amines) is 2. The van der Waals surface area contributed by atoms with Gasteiger partial charge in [-0.2, -0.15) is 0 Å². The summed E-state index contributed by atoms with van der Waals surface area (Å²) in [6.45, 7) is 5.45. The van der Waals surface area contributed by atoms with Crippen LogP contribution >= 0.6 is 0 Å². The SMILES string of the molecule is Cc1c(-c2ccc(-c3cnc(C4CCCN4C(=O)Cc4ccccc4)[nH]3)nn2)nnc(-c2cnc([C@@H]3CCCN3C(=O)Cc3ccccc3)[nH]2)c1C. The number of H-pyrrole nitrogens is 2. The molecule has 2 aromatic carbocycles. The van der Waals surface area contributed by atoms with Gasteiger partial charge in [-0.15, -0.1) is 20.4 Å². The predicted octanol–water partition coefficient (Wildman–Crippen LogP) is 6.14. The second-order valence-corrected chi connectivity index (χ2v) is 13.6. The van der Waals surface area contributed by atoms with Crippen LogP contribution in [0.25, 0.3) is 34.2 Å². The fourth-order valence-electron chi connectivity index (χ4n) is 7.41. The fourth-order valence-corrected chi connectivity index (χ4v) is 7.41. The van der Waals surface area contributed by atoms with Crippen LogP contribution in [0.15, 0.2) is 85.2 Å². The molecule has 12 heteroatoms. The van der Waals surface area contributed by atoms with E-state index in [-0.39, 0.29) is 23.9 Å². The van der Waals surface area contributed by atoms with Crippen molar-refractivity contribution < 1.29 is 9.59 Å². The highest BCUT2D eigenvalue weighted by molar-refractivity contribution is 5.80. The summed E-state index contributed by atoms with van der Waals surface area (Å²) in [5.41, 5.74) is 8.03. The van der Waals surface area contributed by atoms with Crippen molar-refractivity contribution in [3.63, 3.8) is 0 Å². The summed E-state index contributed by atoms with van der Waals surface area (Å²) in [6, 6.07) is 23.3. The third-order valence-electron chi connectivity index (χ3n) is 10.3. The normalized spacial score (nSPS) is 17.2. The third-order valence-corrected chi connectivity index (χ3v) is 10.3. The van der Waals surface area contributed by atoms with Crippen molar-refractivity contribution >= 4 is 11.8 Å². The number of benzene rings is 2. The maximum absolute atomic E-state index is 13.2. The van der Waals surface area contributed by atoms with E-state index in [1.165, 1.54) is 0 Å². The topological polar surface area (TPSA) is 150 Å². The van der Waals surface area contributed by atoms with Crippen LogP contribution in [0.2, 0.25) is 0 Å². The van der Waals surface area contributed by atoms with Crippen molar-refractivity contribution in [2.45, 2.75) is 64.5 Å². The van der Waals surface area contributed by atoms with Gasteiger partial charge in [-0.3, -0.25) is 9.59 Å². The largest absolute Gasteiger partial charge is 0.339 e. The molecule has 4 aromatic heterocycles. The van der Waals surface area contributed by atoms with Crippen LogP contribution in [0.5, 0.6) is 0 Å². The van der Waals surface area contributed by atoms with Crippen LogP contribution in [0.1, 0.15) is 71.7 Å². The van der Waals surface area contributed by atoms with Gasteiger partial charge in [-0.1, -0.05) is 60.7 Å². The summed E-state index contributed by atoms with van der Waals surface area (Å²) in [5, 5.41) is 18.2. The molecule has 0 spiro atoms. The zero-order valence-electron chi connectivity index (χ0n) is 29.3. The molecule has 0 bridgehead atoms. The Morgan fingerprint density at radius 3 is 1.65 bits per heavy atom. The maximum atomic E-state index is 13.2. The Morgan fingerprint density at radius 1 is 0.615 bits per heavy atom. The van der Waals surface area contributed by atoms with Gasteiger partial charge in [0.25, 0.3) is 0 Å². The molecule has 0 radical (unpaired) electrons. The summed E-state index contributed by atoms with van der Waals surface area (Å²) in [4.78, 5) is 46.5. The van der Waals surface area contributed by atoms with Gasteiger partial charge in [0, 0.05) is 13.1 Å². The highest BCUT2D eigenvalue weighted by Crippen LogP contribution is 2.34. The Hall–Kier alpha value is -6.04. The van der Waals surface area contributed by atoms with E-state index in [1.807, 2.05) is 96.4 Å². The highest BCUT2D eigenvalue weighted by Gasteiger charge is 2.33. The molecule has 6 aromatic rings. The number of aromatic nitrogens is 8. The van der Waals surface area contributed by atoms with E-state index >= 15 is 0 Å². The molecule has 2 atom stereocenters. The number of carbonyl (C=O) groups excluding carboxylic acids is 2. The number of imidazole rings is 2.